The molecule has 1 aliphatic rings. The van der Waals surface area contributed by atoms with Crippen molar-refractivity contribution in [2.75, 3.05) is 0 Å². The Morgan fingerprint density at radius 1 is 1.06 bits per heavy atom. The molecule has 0 aliphatic heterocycles. The highest BCUT2D eigenvalue weighted by Gasteiger charge is 2.30. The molecule has 0 saturated carbocycles. The Morgan fingerprint density at radius 2 is 1.88 bits per heavy atom. The Kier molecular flexibility index (Phi) is 4.03. The lowest BCUT2D eigenvalue weighted by Crippen LogP contribution is -2.30. The van der Waals surface area contributed by atoms with Crippen molar-refractivity contribution in [3.05, 3.63) is 82.4 Å². The Balaban J connectivity index is 1.59. The number of aromatic nitrogens is 6. The monoisotopic (exact) mass is 430 g/mol. The standard InChI is InChI=1S/C23H19FN6O2/c1-28-19-11-25-22(29-12-26-16-7-6-13(24)10-18(16)29)27-21(19)30(23(28)32)17-8-9-20(31)15-5-3-2-4-14(15)17/h2-7,10-12,17,20,31H,8-9H2,1H3/t17-,20?/m1/s1. The van der Waals surface area contributed by atoms with Crippen molar-refractivity contribution in [2.24, 2.45) is 7.05 Å². The predicted octanol–water partition coefficient (Wildman–Crippen LogP) is 3.02. The van der Waals surface area contributed by atoms with Crippen molar-refractivity contribution in [3.63, 3.8) is 0 Å². The number of aryl methyl sites for hydroxylation is 1. The fourth-order valence-electron chi connectivity index (χ4n) is 4.68. The molecule has 3 heterocycles. The number of halogens is 1. The molecule has 5 aromatic rings. The molecule has 9 heteroatoms. The number of nitrogens with zero attached hydrogens (tertiary/aromatic N) is 6. The number of aliphatic hydroxyl groups excluding tert-OH is 1. The summed E-state index contributed by atoms with van der Waals surface area (Å²) < 4.78 is 18.7. The number of imidazole rings is 2. The summed E-state index contributed by atoms with van der Waals surface area (Å²) in [5.74, 6) is -0.0802. The van der Waals surface area contributed by atoms with Crippen LogP contribution in [0.15, 0.2) is 59.8 Å². The Labute approximate surface area is 181 Å². The normalized spacial score (nSPS) is 18.3. The average molecular weight is 430 g/mol. The zero-order chi connectivity index (χ0) is 22.0. The maximum absolute atomic E-state index is 13.8. The van der Waals surface area contributed by atoms with Crippen LogP contribution < -0.4 is 5.69 Å². The summed E-state index contributed by atoms with van der Waals surface area (Å²) in [4.78, 5) is 26.7. The van der Waals surface area contributed by atoms with E-state index in [-0.39, 0.29) is 17.5 Å². The Bertz CT molecular complexity index is 1570. The van der Waals surface area contributed by atoms with Gasteiger partial charge in [-0.25, -0.2) is 19.2 Å². The molecule has 1 aliphatic carbocycles. The quantitative estimate of drug-likeness (QED) is 0.465. The van der Waals surface area contributed by atoms with Crippen molar-refractivity contribution in [3.8, 4) is 5.95 Å². The first kappa shape index (κ1) is 18.9. The summed E-state index contributed by atoms with van der Waals surface area (Å²) in [6.07, 6.45) is 3.75. The van der Waals surface area contributed by atoms with Crippen LogP contribution >= 0.6 is 0 Å². The second kappa shape index (κ2) is 6.83. The van der Waals surface area contributed by atoms with Crippen molar-refractivity contribution < 1.29 is 9.50 Å². The van der Waals surface area contributed by atoms with Crippen LogP contribution in [0.25, 0.3) is 28.1 Å². The molecule has 1 unspecified atom stereocenters. The second-order valence-corrected chi connectivity index (χ2v) is 8.08. The number of benzene rings is 2. The molecule has 0 radical (unpaired) electrons. The maximum atomic E-state index is 13.8. The highest BCUT2D eigenvalue weighted by atomic mass is 19.1. The van der Waals surface area contributed by atoms with E-state index in [9.17, 15) is 14.3 Å². The van der Waals surface area contributed by atoms with Crippen LogP contribution in [0.4, 0.5) is 4.39 Å². The molecule has 32 heavy (non-hydrogen) atoms. The number of fused-ring (bicyclic) bond motifs is 3. The van der Waals surface area contributed by atoms with Gasteiger partial charge in [-0.3, -0.25) is 13.7 Å². The van der Waals surface area contributed by atoms with Gasteiger partial charge >= 0.3 is 5.69 Å². The fourth-order valence-corrected chi connectivity index (χ4v) is 4.68. The van der Waals surface area contributed by atoms with Crippen LogP contribution in [-0.4, -0.2) is 33.8 Å². The molecule has 0 saturated heterocycles. The van der Waals surface area contributed by atoms with Crippen LogP contribution in [0, 0.1) is 5.82 Å². The van der Waals surface area contributed by atoms with E-state index in [0.29, 0.717) is 41.0 Å². The van der Waals surface area contributed by atoms with E-state index in [1.165, 1.54) is 16.7 Å². The van der Waals surface area contributed by atoms with Gasteiger partial charge in [0.15, 0.2) is 5.65 Å². The zero-order valence-corrected chi connectivity index (χ0v) is 17.2. The summed E-state index contributed by atoms with van der Waals surface area (Å²) in [5, 5.41) is 10.4. The Hall–Kier alpha value is -3.85. The summed E-state index contributed by atoms with van der Waals surface area (Å²) in [6, 6.07) is 11.7. The lowest BCUT2D eigenvalue weighted by Gasteiger charge is -2.29. The van der Waals surface area contributed by atoms with Gasteiger partial charge in [-0.05, 0) is 36.1 Å². The van der Waals surface area contributed by atoms with E-state index in [1.807, 2.05) is 24.3 Å². The summed E-state index contributed by atoms with van der Waals surface area (Å²) in [7, 11) is 1.69. The lowest BCUT2D eigenvalue weighted by atomic mass is 9.85. The van der Waals surface area contributed by atoms with Crippen LogP contribution in [0.1, 0.15) is 36.1 Å². The topological polar surface area (TPSA) is 90.8 Å². The molecular weight excluding hydrogens is 411 g/mol. The van der Waals surface area contributed by atoms with Gasteiger partial charge in [0.25, 0.3) is 0 Å². The predicted molar refractivity (Wildman–Crippen MR) is 116 cm³/mol. The third kappa shape index (κ3) is 2.64. The van der Waals surface area contributed by atoms with E-state index in [0.717, 1.165) is 11.1 Å². The van der Waals surface area contributed by atoms with Crippen LogP contribution in [-0.2, 0) is 7.05 Å². The van der Waals surface area contributed by atoms with Gasteiger partial charge in [0.05, 0.1) is 29.4 Å². The van der Waals surface area contributed by atoms with Crippen LogP contribution in [0.2, 0.25) is 0 Å². The van der Waals surface area contributed by atoms with Gasteiger partial charge in [-0.1, -0.05) is 24.3 Å². The Morgan fingerprint density at radius 3 is 2.72 bits per heavy atom. The van der Waals surface area contributed by atoms with Crippen molar-refractivity contribution in [2.45, 2.75) is 25.0 Å². The molecular formula is C23H19FN6O2. The van der Waals surface area contributed by atoms with Crippen LogP contribution in [0.5, 0.6) is 0 Å². The van der Waals surface area contributed by atoms with Crippen LogP contribution in [0.3, 0.4) is 0 Å². The second-order valence-electron chi connectivity index (χ2n) is 8.08. The molecule has 2 aromatic carbocycles. The van der Waals surface area contributed by atoms with Crippen molar-refractivity contribution in [1.82, 2.24) is 28.7 Å². The SMILES string of the molecule is Cn1c(=O)n([C@@H]2CCC(O)c3ccccc32)c2nc(-n3cnc4ccc(F)cc43)ncc21. The molecule has 8 nitrogen and oxygen atoms in total. The molecule has 160 valence electrons. The molecule has 0 amide bonds. The lowest BCUT2D eigenvalue weighted by molar-refractivity contribution is 0.147. The maximum Gasteiger partial charge on any atom is 0.330 e. The molecule has 2 atom stereocenters. The van der Waals surface area contributed by atoms with Crippen molar-refractivity contribution in [1.29, 1.82) is 0 Å². The highest BCUT2D eigenvalue weighted by Crippen LogP contribution is 2.38. The number of hydrogen-bond donors (Lipinski definition) is 1. The first-order valence-electron chi connectivity index (χ1n) is 10.4. The third-order valence-corrected chi connectivity index (χ3v) is 6.28. The first-order valence-corrected chi connectivity index (χ1v) is 10.4. The number of hydrogen-bond acceptors (Lipinski definition) is 5. The van der Waals surface area contributed by atoms with Gasteiger partial charge in [-0.2, -0.15) is 4.98 Å². The fraction of sp³-hybridized carbons (Fsp3) is 0.217. The van der Waals surface area contributed by atoms with Gasteiger partial charge in [-0.15, -0.1) is 0 Å². The molecule has 0 fully saturated rings. The summed E-state index contributed by atoms with van der Waals surface area (Å²) >= 11 is 0. The molecule has 0 bridgehead atoms. The average Bonchev–Trinajstić information content (AvgIpc) is 3.33. The highest BCUT2D eigenvalue weighted by molar-refractivity contribution is 5.77. The molecule has 6 rings (SSSR count). The summed E-state index contributed by atoms with van der Waals surface area (Å²) in [6.45, 7) is 0. The summed E-state index contributed by atoms with van der Waals surface area (Å²) in [5.41, 5.74) is 3.78. The van der Waals surface area contributed by atoms with Crippen molar-refractivity contribution >= 4 is 22.2 Å². The van der Waals surface area contributed by atoms with E-state index in [1.54, 1.807) is 34.8 Å². The minimum absolute atomic E-state index is 0.204. The minimum Gasteiger partial charge on any atom is -0.388 e. The van der Waals surface area contributed by atoms with Gasteiger partial charge < -0.3 is 5.11 Å². The number of rotatable bonds is 2. The van der Waals surface area contributed by atoms with E-state index >= 15 is 0 Å². The molecule has 0 spiro atoms. The van der Waals surface area contributed by atoms with Gasteiger partial charge in [0.1, 0.15) is 17.7 Å². The van der Waals surface area contributed by atoms with Gasteiger partial charge in [0.2, 0.25) is 5.95 Å². The molecule has 1 N–H and O–H groups in total. The zero-order valence-electron chi connectivity index (χ0n) is 17.2. The number of aliphatic hydroxyl groups is 1. The van der Waals surface area contributed by atoms with E-state index < -0.39 is 6.10 Å². The molecule has 3 aromatic heterocycles. The van der Waals surface area contributed by atoms with E-state index in [2.05, 4.69) is 9.97 Å². The van der Waals surface area contributed by atoms with E-state index in [4.69, 9.17) is 4.98 Å². The largest absolute Gasteiger partial charge is 0.388 e. The smallest absolute Gasteiger partial charge is 0.330 e. The van der Waals surface area contributed by atoms with Gasteiger partial charge in [0, 0.05) is 13.1 Å². The third-order valence-electron chi connectivity index (χ3n) is 6.28. The first-order chi connectivity index (χ1) is 15.5. The minimum atomic E-state index is -0.550.